The molecule has 2 saturated heterocycles. The number of ether oxygens (including phenoxy) is 1. The molecule has 0 saturated carbocycles. The third kappa shape index (κ3) is 5.49. The minimum atomic E-state index is -3.39. The standard InChI is InChI=1S/C18H29N3O3S/c1-16-3-2-8-21(14-16)25(22,23)19-13-17-4-6-18(7-5-17)15-20-9-11-24-12-10-20/h4-7,16,19H,2-3,8-15H2,1H3. The lowest BCUT2D eigenvalue weighted by Crippen LogP contribution is -2.45. The van der Waals surface area contributed by atoms with E-state index in [4.69, 9.17) is 4.74 Å². The molecule has 0 amide bonds. The summed E-state index contributed by atoms with van der Waals surface area (Å²) in [6.45, 7) is 8.14. The highest BCUT2D eigenvalue weighted by atomic mass is 32.2. The van der Waals surface area contributed by atoms with Gasteiger partial charge in [0.05, 0.1) is 13.2 Å². The molecule has 0 aliphatic carbocycles. The first kappa shape index (κ1) is 18.8. The Morgan fingerprint density at radius 3 is 2.48 bits per heavy atom. The summed E-state index contributed by atoms with van der Waals surface area (Å²) in [7, 11) is -3.39. The molecule has 25 heavy (non-hydrogen) atoms. The minimum Gasteiger partial charge on any atom is -0.379 e. The highest BCUT2D eigenvalue weighted by Crippen LogP contribution is 2.18. The zero-order valence-electron chi connectivity index (χ0n) is 15.0. The number of morpholine rings is 1. The maximum absolute atomic E-state index is 12.4. The minimum absolute atomic E-state index is 0.338. The number of hydrogen-bond acceptors (Lipinski definition) is 4. The summed E-state index contributed by atoms with van der Waals surface area (Å²) in [6, 6.07) is 8.19. The molecule has 0 spiro atoms. The Bertz CT molecular complexity index is 642. The van der Waals surface area contributed by atoms with Crippen molar-refractivity contribution in [3.8, 4) is 0 Å². The van der Waals surface area contributed by atoms with Gasteiger partial charge in [-0.3, -0.25) is 4.90 Å². The van der Waals surface area contributed by atoms with Gasteiger partial charge >= 0.3 is 0 Å². The molecular formula is C18H29N3O3S. The second kappa shape index (κ2) is 8.60. The van der Waals surface area contributed by atoms with Crippen molar-refractivity contribution in [1.82, 2.24) is 13.9 Å². The van der Waals surface area contributed by atoms with E-state index in [2.05, 4.69) is 28.7 Å². The van der Waals surface area contributed by atoms with Gasteiger partial charge in [0.15, 0.2) is 0 Å². The van der Waals surface area contributed by atoms with E-state index in [1.807, 2.05) is 12.1 Å². The molecule has 140 valence electrons. The number of rotatable bonds is 6. The summed E-state index contributed by atoms with van der Waals surface area (Å²) in [5, 5.41) is 0. The topological polar surface area (TPSA) is 61.9 Å². The smallest absolute Gasteiger partial charge is 0.279 e. The van der Waals surface area contributed by atoms with E-state index in [0.717, 1.165) is 51.3 Å². The summed E-state index contributed by atoms with van der Waals surface area (Å²) in [6.07, 6.45) is 2.05. The number of nitrogens with zero attached hydrogens (tertiary/aromatic N) is 2. The highest BCUT2D eigenvalue weighted by molar-refractivity contribution is 7.87. The van der Waals surface area contributed by atoms with Crippen molar-refractivity contribution in [3.05, 3.63) is 35.4 Å². The van der Waals surface area contributed by atoms with E-state index in [1.165, 1.54) is 5.56 Å². The first-order valence-electron chi connectivity index (χ1n) is 9.15. The predicted molar refractivity (Wildman–Crippen MR) is 98.3 cm³/mol. The summed E-state index contributed by atoms with van der Waals surface area (Å²) in [5.74, 6) is 0.435. The SMILES string of the molecule is CC1CCCN(S(=O)(=O)NCc2ccc(CN3CCOCC3)cc2)C1. The van der Waals surface area contributed by atoms with E-state index in [-0.39, 0.29) is 0 Å². The Hall–Kier alpha value is -0.990. The zero-order valence-corrected chi connectivity index (χ0v) is 15.8. The van der Waals surface area contributed by atoms with Crippen molar-refractivity contribution in [2.45, 2.75) is 32.9 Å². The largest absolute Gasteiger partial charge is 0.379 e. The molecule has 0 radical (unpaired) electrons. The molecule has 2 aliphatic rings. The van der Waals surface area contributed by atoms with Crippen LogP contribution in [0.15, 0.2) is 24.3 Å². The van der Waals surface area contributed by atoms with Crippen molar-refractivity contribution < 1.29 is 13.2 Å². The summed E-state index contributed by atoms with van der Waals surface area (Å²) in [5.41, 5.74) is 2.23. The quantitative estimate of drug-likeness (QED) is 0.829. The van der Waals surface area contributed by atoms with E-state index in [9.17, 15) is 8.42 Å². The van der Waals surface area contributed by atoms with Crippen molar-refractivity contribution in [2.24, 2.45) is 5.92 Å². The van der Waals surface area contributed by atoms with Gasteiger partial charge in [0.2, 0.25) is 0 Å². The first-order valence-corrected chi connectivity index (χ1v) is 10.6. The van der Waals surface area contributed by atoms with Crippen molar-refractivity contribution in [3.63, 3.8) is 0 Å². The maximum Gasteiger partial charge on any atom is 0.279 e. The van der Waals surface area contributed by atoms with Crippen molar-refractivity contribution in [1.29, 1.82) is 0 Å². The Morgan fingerprint density at radius 2 is 1.80 bits per heavy atom. The number of piperidine rings is 1. The lowest BCUT2D eigenvalue weighted by Gasteiger charge is -2.30. The van der Waals surface area contributed by atoms with Gasteiger partial charge in [-0.25, -0.2) is 0 Å². The summed E-state index contributed by atoms with van der Waals surface area (Å²) in [4.78, 5) is 2.37. The van der Waals surface area contributed by atoms with Gasteiger partial charge in [-0.1, -0.05) is 31.2 Å². The van der Waals surface area contributed by atoms with Gasteiger partial charge in [0.1, 0.15) is 0 Å². The number of nitrogens with one attached hydrogen (secondary N) is 1. The first-order chi connectivity index (χ1) is 12.0. The third-order valence-electron chi connectivity index (χ3n) is 4.95. The second-order valence-corrected chi connectivity index (χ2v) is 8.89. The van der Waals surface area contributed by atoms with E-state index >= 15 is 0 Å². The van der Waals surface area contributed by atoms with Crippen LogP contribution in [0.3, 0.4) is 0 Å². The fraction of sp³-hybridized carbons (Fsp3) is 0.667. The second-order valence-electron chi connectivity index (χ2n) is 7.14. The number of hydrogen-bond donors (Lipinski definition) is 1. The molecule has 2 aliphatic heterocycles. The number of benzene rings is 1. The van der Waals surface area contributed by atoms with Crippen molar-refractivity contribution >= 4 is 10.2 Å². The van der Waals surface area contributed by atoms with Crippen LogP contribution in [0, 0.1) is 5.92 Å². The van der Waals surface area contributed by atoms with Crippen LogP contribution in [0.1, 0.15) is 30.9 Å². The molecule has 1 atom stereocenters. The normalized spacial score (nSPS) is 23.6. The fourth-order valence-electron chi connectivity index (χ4n) is 3.41. The Balaban J connectivity index is 1.51. The molecule has 2 fully saturated rings. The summed E-state index contributed by atoms with van der Waals surface area (Å²) >= 11 is 0. The Labute approximate surface area is 151 Å². The van der Waals surface area contributed by atoms with E-state index in [1.54, 1.807) is 4.31 Å². The molecule has 1 aromatic carbocycles. The van der Waals surface area contributed by atoms with Crippen LogP contribution in [0.5, 0.6) is 0 Å². The van der Waals surface area contributed by atoms with Gasteiger partial charge in [0.25, 0.3) is 10.2 Å². The fourth-order valence-corrected chi connectivity index (χ4v) is 4.76. The van der Waals surface area contributed by atoms with Crippen LogP contribution >= 0.6 is 0 Å². The lowest BCUT2D eigenvalue weighted by molar-refractivity contribution is 0.0342. The van der Waals surface area contributed by atoms with Gasteiger partial charge in [-0.05, 0) is 29.9 Å². The average Bonchev–Trinajstić information content (AvgIpc) is 2.62. The summed E-state index contributed by atoms with van der Waals surface area (Å²) < 4.78 is 34.5. The van der Waals surface area contributed by atoms with Gasteiger partial charge < -0.3 is 4.74 Å². The van der Waals surface area contributed by atoms with E-state index < -0.39 is 10.2 Å². The maximum atomic E-state index is 12.4. The van der Waals surface area contributed by atoms with Gasteiger partial charge in [-0.15, -0.1) is 0 Å². The molecule has 2 heterocycles. The monoisotopic (exact) mass is 367 g/mol. The molecule has 7 heteroatoms. The molecule has 3 rings (SSSR count). The van der Waals surface area contributed by atoms with Crippen LogP contribution in [0.25, 0.3) is 0 Å². The molecule has 1 N–H and O–H groups in total. The average molecular weight is 368 g/mol. The Kier molecular flexibility index (Phi) is 6.46. The molecular weight excluding hydrogens is 338 g/mol. The Morgan fingerprint density at radius 1 is 1.12 bits per heavy atom. The van der Waals surface area contributed by atoms with Crippen LogP contribution in [-0.4, -0.2) is 57.0 Å². The van der Waals surface area contributed by atoms with Crippen LogP contribution < -0.4 is 4.72 Å². The third-order valence-corrected chi connectivity index (χ3v) is 6.47. The van der Waals surface area contributed by atoms with Crippen LogP contribution in [0.4, 0.5) is 0 Å². The molecule has 6 nitrogen and oxygen atoms in total. The molecule has 0 aromatic heterocycles. The zero-order chi connectivity index (χ0) is 17.7. The predicted octanol–water partition coefficient (Wildman–Crippen LogP) is 1.59. The molecule has 1 aromatic rings. The van der Waals surface area contributed by atoms with Gasteiger partial charge in [0, 0.05) is 39.3 Å². The molecule has 0 bridgehead atoms. The lowest BCUT2D eigenvalue weighted by atomic mass is 10.0. The molecule has 1 unspecified atom stereocenters. The van der Waals surface area contributed by atoms with Crippen LogP contribution in [-0.2, 0) is 28.0 Å². The van der Waals surface area contributed by atoms with Gasteiger partial charge in [-0.2, -0.15) is 17.4 Å². The highest BCUT2D eigenvalue weighted by Gasteiger charge is 2.26. The van der Waals surface area contributed by atoms with Crippen molar-refractivity contribution in [2.75, 3.05) is 39.4 Å². The van der Waals surface area contributed by atoms with Crippen LogP contribution in [0.2, 0.25) is 0 Å². The van der Waals surface area contributed by atoms with E-state index in [0.29, 0.717) is 25.6 Å².